The highest BCUT2D eigenvalue weighted by molar-refractivity contribution is 9.10. The van der Waals surface area contributed by atoms with Crippen molar-refractivity contribution >= 4 is 21.8 Å². The number of aryl methyl sites for hydroxylation is 1. The van der Waals surface area contributed by atoms with Gasteiger partial charge < -0.3 is 10.1 Å². The second-order valence-corrected chi connectivity index (χ2v) is 5.53. The van der Waals surface area contributed by atoms with Crippen LogP contribution in [0.3, 0.4) is 0 Å². The molecule has 0 unspecified atom stereocenters. The molecule has 0 fully saturated rings. The molecule has 0 aliphatic heterocycles. The summed E-state index contributed by atoms with van der Waals surface area (Å²) in [5.41, 5.74) is 2.16. The molecule has 2 aromatic rings. The summed E-state index contributed by atoms with van der Waals surface area (Å²) in [5.74, 6) is -0.444. The fourth-order valence-electron chi connectivity index (χ4n) is 1.94. The minimum absolute atomic E-state index is 0.188. The van der Waals surface area contributed by atoms with Crippen molar-refractivity contribution in [3.8, 4) is 5.75 Å². The highest BCUT2D eigenvalue weighted by Crippen LogP contribution is 2.18. The van der Waals surface area contributed by atoms with Gasteiger partial charge in [0, 0.05) is 16.6 Å². The van der Waals surface area contributed by atoms with Crippen molar-refractivity contribution in [2.75, 3.05) is 7.11 Å². The Hall–Kier alpha value is -1.88. The highest BCUT2D eigenvalue weighted by Gasteiger charge is 2.10. The van der Waals surface area contributed by atoms with E-state index in [4.69, 9.17) is 4.74 Å². The minimum Gasteiger partial charge on any atom is -0.494 e. The molecule has 0 heterocycles. The van der Waals surface area contributed by atoms with Crippen LogP contribution in [-0.4, -0.2) is 13.0 Å². The number of ether oxygens (including phenoxy) is 1. The zero-order valence-electron chi connectivity index (χ0n) is 11.7. The number of carbonyl (C=O) groups excluding carboxylic acids is 1. The number of benzene rings is 2. The van der Waals surface area contributed by atoms with E-state index in [-0.39, 0.29) is 18.2 Å². The van der Waals surface area contributed by atoms with E-state index in [1.54, 1.807) is 18.2 Å². The molecule has 2 aromatic carbocycles. The Kier molecular flexibility index (Phi) is 4.96. The first-order chi connectivity index (χ1) is 10.0. The number of hydrogen-bond acceptors (Lipinski definition) is 2. The van der Waals surface area contributed by atoms with Crippen molar-refractivity contribution in [1.82, 2.24) is 5.32 Å². The molecule has 0 spiro atoms. The Balaban J connectivity index is 2.07. The Morgan fingerprint density at radius 3 is 2.71 bits per heavy atom. The number of rotatable bonds is 4. The summed E-state index contributed by atoms with van der Waals surface area (Å²) < 4.78 is 19.3. The lowest BCUT2D eigenvalue weighted by Gasteiger charge is -2.09. The molecule has 1 N–H and O–H groups in total. The van der Waals surface area contributed by atoms with Gasteiger partial charge in [0.1, 0.15) is 0 Å². The predicted molar refractivity (Wildman–Crippen MR) is 83.0 cm³/mol. The summed E-state index contributed by atoms with van der Waals surface area (Å²) in [7, 11) is 1.41. The quantitative estimate of drug-likeness (QED) is 0.908. The van der Waals surface area contributed by atoms with E-state index < -0.39 is 5.82 Å². The van der Waals surface area contributed by atoms with E-state index in [1.165, 1.54) is 13.2 Å². The van der Waals surface area contributed by atoms with Crippen molar-refractivity contribution in [2.45, 2.75) is 13.5 Å². The van der Waals surface area contributed by atoms with Gasteiger partial charge in [-0.15, -0.1) is 0 Å². The van der Waals surface area contributed by atoms with Crippen LogP contribution < -0.4 is 10.1 Å². The van der Waals surface area contributed by atoms with E-state index >= 15 is 0 Å². The summed E-state index contributed by atoms with van der Waals surface area (Å²) in [6, 6.07) is 10.1. The maximum atomic E-state index is 13.6. The summed E-state index contributed by atoms with van der Waals surface area (Å²) in [5, 5.41) is 2.78. The van der Waals surface area contributed by atoms with Crippen molar-refractivity contribution in [1.29, 1.82) is 0 Å². The second kappa shape index (κ2) is 6.72. The smallest absolute Gasteiger partial charge is 0.251 e. The van der Waals surface area contributed by atoms with Gasteiger partial charge in [-0.1, -0.05) is 28.1 Å². The van der Waals surface area contributed by atoms with Gasteiger partial charge in [0.15, 0.2) is 11.6 Å². The van der Waals surface area contributed by atoms with Crippen molar-refractivity contribution in [2.24, 2.45) is 0 Å². The number of methoxy groups -OCH3 is 1. The normalized spacial score (nSPS) is 10.3. The first kappa shape index (κ1) is 15.5. The molecule has 2 rings (SSSR count). The number of halogens is 2. The number of carbonyl (C=O) groups is 1. The van der Waals surface area contributed by atoms with Gasteiger partial charge in [0.25, 0.3) is 5.91 Å². The third-order valence-electron chi connectivity index (χ3n) is 3.11. The predicted octanol–water partition coefficient (Wildman–Crippen LogP) is 3.84. The summed E-state index contributed by atoms with van der Waals surface area (Å²) in [6.07, 6.45) is 0. The molecule has 0 radical (unpaired) electrons. The largest absolute Gasteiger partial charge is 0.494 e. The van der Waals surface area contributed by atoms with Crippen LogP contribution in [0.5, 0.6) is 5.75 Å². The average Bonchev–Trinajstić information content (AvgIpc) is 2.47. The summed E-state index contributed by atoms with van der Waals surface area (Å²) in [4.78, 5) is 12.1. The van der Waals surface area contributed by atoms with Gasteiger partial charge >= 0.3 is 0 Å². The van der Waals surface area contributed by atoms with Crippen LogP contribution in [0.15, 0.2) is 40.9 Å². The van der Waals surface area contributed by atoms with E-state index in [2.05, 4.69) is 21.2 Å². The highest BCUT2D eigenvalue weighted by atomic mass is 79.9. The molecule has 0 saturated carbocycles. The third-order valence-corrected chi connectivity index (χ3v) is 3.61. The molecule has 0 bridgehead atoms. The number of hydrogen-bond donors (Lipinski definition) is 1. The monoisotopic (exact) mass is 351 g/mol. The fourth-order valence-corrected chi connectivity index (χ4v) is 2.30. The topological polar surface area (TPSA) is 38.3 Å². The molecule has 0 aliphatic rings. The van der Waals surface area contributed by atoms with Gasteiger partial charge in [-0.05, 0) is 42.3 Å². The Bertz CT molecular complexity index is 673. The van der Waals surface area contributed by atoms with Gasteiger partial charge in [-0.25, -0.2) is 4.39 Å². The lowest BCUT2D eigenvalue weighted by molar-refractivity contribution is 0.0950. The molecule has 5 heteroatoms. The molecular formula is C16H15BrFNO2. The number of amides is 1. The van der Waals surface area contributed by atoms with Crippen molar-refractivity contribution < 1.29 is 13.9 Å². The molecule has 0 atom stereocenters. The van der Waals surface area contributed by atoms with E-state index in [9.17, 15) is 9.18 Å². The van der Waals surface area contributed by atoms with Gasteiger partial charge in [-0.2, -0.15) is 0 Å². The Morgan fingerprint density at radius 2 is 2.05 bits per heavy atom. The van der Waals surface area contributed by atoms with Gasteiger partial charge in [0.05, 0.1) is 7.11 Å². The first-order valence-electron chi connectivity index (χ1n) is 6.38. The third kappa shape index (κ3) is 3.82. The Labute approximate surface area is 131 Å². The minimum atomic E-state index is -0.442. The second-order valence-electron chi connectivity index (χ2n) is 4.61. The molecule has 1 amide bonds. The fraction of sp³-hybridized carbons (Fsp3) is 0.188. The maximum absolute atomic E-state index is 13.6. The van der Waals surface area contributed by atoms with Crippen LogP contribution in [-0.2, 0) is 6.54 Å². The molecule has 0 saturated heterocycles. The standard InChI is InChI=1S/C16H15BrFNO2/c1-10-3-5-12(17)8-13(10)16(20)19-9-11-4-6-15(21-2)14(18)7-11/h3-8H,9H2,1-2H3,(H,19,20). The molecule has 0 aromatic heterocycles. The van der Waals surface area contributed by atoms with Gasteiger partial charge in [0.2, 0.25) is 0 Å². The molecule has 0 aliphatic carbocycles. The average molecular weight is 352 g/mol. The van der Waals surface area contributed by atoms with Gasteiger partial charge in [-0.3, -0.25) is 4.79 Å². The first-order valence-corrected chi connectivity index (χ1v) is 7.17. The molecule has 110 valence electrons. The lowest BCUT2D eigenvalue weighted by Crippen LogP contribution is -2.23. The number of nitrogens with one attached hydrogen (secondary N) is 1. The van der Waals surface area contributed by atoms with Crippen LogP contribution in [0.1, 0.15) is 21.5 Å². The SMILES string of the molecule is COc1ccc(CNC(=O)c2cc(Br)ccc2C)cc1F. The van der Waals surface area contributed by atoms with E-state index in [0.717, 1.165) is 10.0 Å². The zero-order chi connectivity index (χ0) is 15.4. The van der Waals surface area contributed by atoms with Crippen molar-refractivity contribution in [3.05, 3.63) is 63.4 Å². The maximum Gasteiger partial charge on any atom is 0.251 e. The summed E-state index contributed by atoms with van der Waals surface area (Å²) >= 11 is 3.34. The van der Waals surface area contributed by atoms with Crippen LogP contribution in [0.4, 0.5) is 4.39 Å². The van der Waals surface area contributed by atoms with E-state index in [1.807, 2.05) is 19.1 Å². The lowest BCUT2D eigenvalue weighted by atomic mass is 10.1. The molecule has 21 heavy (non-hydrogen) atoms. The van der Waals surface area contributed by atoms with Crippen LogP contribution in [0, 0.1) is 12.7 Å². The molecule has 3 nitrogen and oxygen atoms in total. The zero-order valence-corrected chi connectivity index (χ0v) is 13.3. The van der Waals surface area contributed by atoms with Crippen LogP contribution in [0.2, 0.25) is 0 Å². The Morgan fingerprint density at radius 1 is 1.29 bits per heavy atom. The van der Waals surface area contributed by atoms with E-state index in [0.29, 0.717) is 11.1 Å². The summed E-state index contributed by atoms with van der Waals surface area (Å²) in [6.45, 7) is 2.13. The van der Waals surface area contributed by atoms with Crippen molar-refractivity contribution in [3.63, 3.8) is 0 Å². The van der Waals surface area contributed by atoms with Crippen LogP contribution >= 0.6 is 15.9 Å². The molecular weight excluding hydrogens is 337 g/mol. The van der Waals surface area contributed by atoms with Crippen LogP contribution in [0.25, 0.3) is 0 Å².